The van der Waals surface area contributed by atoms with Crippen molar-refractivity contribution < 1.29 is 34.0 Å². The van der Waals surface area contributed by atoms with Gasteiger partial charge in [-0.3, -0.25) is 0 Å². The van der Waals surface area contributed by atoms with Crippen LogP contribution in [0.25, 0.3) is 0 Å². The summed E-state index contributed by atoms with van der Waals surface area (Å²) in [6.07, 6.45) is -4.00. The predicted molar refractivity (Wildman–Crippen MR) is 63.0 cm³/mol. The second-order valence-electron chi connectivity index (χ2n) is 3.58. The Hall–Kier alpha value is -2.28. The highest BCUT2D eigenvalue weighted by Crippen LogP contribution is 2.03. The summed E-state index contributed by atoms with van der Waals surface area (Å²) in [7, 11) is 0. The first kappa shape index (κ1) is 14.8. The molecule has 0 bridgehead atoms. The minimum Gasteiger partial charge on any atom is -0.450 e. The lowest BCUT2D eigenvalue weighted by Crippen LogP contribution is -2.28. The number of benzene rings is 1. The van der Waals surface area contributed by atoms with Crippen molar-refractivity contribution in [3.05, 3.63) is 35.9 Å². The van der Waals surface area contributed by atoms with E-state index in [1.165, 1.54) is 0 Å². The molecule has 1 rings (SSSR count). The van der Waals surface area contributed by atoms with Crippen LogP contribution >= 0.6 is 0 Å². The maximum Gasteiger partial charge on any atom is 0.506 e. The van der Waals surface area contributed by atoms with Gasteiger partial charge in [-0.15, -0.1) is 0 Å². The van der Waals surface area contributed by atoms with Gasteiger partial charge in [-0.25, -0.2) is 9.59 Å². The molecule has 1 unspecified atom stereocenters. The molecule has 7 heteroatoms. The zero-order chi connectivity index (χ0) is 14.1. The van der Waals surface area contributed by atoms with Crippen LogP contribution in [0.3, 0.4) is 0 Å². The molecule has 0 aliphatic rings. The standard InChI is InChI=1S/C12H14O7/c13-11(14)18-8-10(19-12(15)16)7-17-6-9-4-2-1-3-5-9/h1-5,10H,6-8H2,(H,13,14)(H,15,16). The Labute approximate surface area is 109 Å². The maximum absolute atomic E-state index is 10.4. The van der Waals surface area contributed by atoms with Crippen LogP contribution in [-0.2, 0) is 20.8 Å². The molecule has 0 saturated carbocycles. The van der Waals surface area contributed by atoms with E-state index >= 15 is 0 Å². The van der Waals surface area contributed by atoms with Gasteiger partial charge in [-0.05, 0) is 5.56 Å². The van der Waals surface area contributed by atoms with Crippen molar-refractivity contribution in [3.63, 3.8) is 0 Å². The Bertz CT molecular complexity index is 404. The first-order valence-corrected chi connectivity index (χ1v) is 5.45. The third-order valence-corrected chi connectivity index (χ3v) is 2.08. The molecule has 0 aliphatic heterocycles. The minimum atomic E-state index is -1.51. The summed E-state index contributed by atoms with van der Waals surface area (Å²) in [4.78, 5) is 20.6. The van der Waals surface area contributed by atoms with Crippen molar-refractivity contribution in [3.8, 4) is 0 Å². The molecule has 1 aromatic carbocycles. The summed E-state index contributed by atoms with van der Waals surface area (Å²) in [6.45, 7) is -0.224. The fourth-order valence-corrected chi connectivity index (χ4v) is 1.31. The molecule has 0 saturated heterocycles. The number of hydrogen-bond acceptors (Lipinski definition) is 5. The highest BCUT2D eigenvalue weighted by atomic mass is 16.7. The van der Waals surface area contributed by atoms with Gasteiger partial charge in [0.1, 0.15) is 6.61 Å². The van der Waals surface area contributed by atoms with Crippen molar-refractivity contribution in [1.82, 2.24) is 0 Å². The number of hydrogen-bond donors (Lipinski definition) is 2. The quantitative estimate of drug-likeness (QED) is 0.730. The molecule has 0 heterocycles. The van der Waals surface area contributed by atoms with Gasteiger partial charge in [0.2, 0.25) is 0 Å². The van der Waals surface area contributed by atoms with Crippen molar-refractivity contribution in [2.75, 3.05) is 13.2 Å². The van der Waals surface area contributed by atoms with E-state index < -0.39 is 25.0 Å². The molecule has 0 amide bonds. The molecule has 1 atom stereocenters. The van der Waals surface area contributed by atoms with Gasteiger partial charge >= 0.3 is 12.3 Å². The van der Waals surface area contributed by atoms with Crippen LogP contribution in [0, 0.1) is 0 Å². The van der Waals surface area contributed by atoms with E-state index in [1.54, 1.807) is 0 Å². The first-order chi connectivity index (χ1) is 9.08. The number of carboxylic acid groups (broad SMARTS) is 2. The van der Waals surface area contributed by atoms with Crippen LogP contribution in [0.1, 0.15) is 5.56 Å². The largest absolute Gasteiger partial charge is 0.506 e. The molecule has 0 aromatic heterocycles. The first-order valence-electron chi connectivity index (χ1n) is 5.45. The Kier molecular flexibility index (Phi) is 6.17. The molecule has 1 aromatic rings. The number of ether oxygens (including phenoxy) is 3. The lowest BCUT2D eigenvalue weighted by molar-refractivity contribution is -0.0384. The fourth-order valence-electron chi connectivity index (χ4n) is 1.31. The monoisotopic (exact) mass is 270 g/mol. The molecule has 2 N–H and O–H groups in total. The molecule has 7 nitrogen and oxygen atoms in total. The molecule has 0 spiro atoms. The fraction of sp³-hybridized carbons (Fsp3) is 0.333. The van der Waals surface area contributed by atoms with Gasteiger partial charge in [0, 0.05) is 0 Å². The summed E-state index contributed by atoms with van der Waals surface area (Å²) >= 11 is 0. The van der Waals surface area contributed by atoms with Gasteiger partial charge in [-0.1, -0.05) is 30.3 Å². The molecule has 104 valence electrons. The zero-order valence-electron chi connectivity index (χ0n) is 10.0. The summed E-state index contributed by atoms with van der Waals surface area (Å²) in [5, 5.41) is 16.8. The topological polar surface area (TPSA) is 102 Å². The van der Waals surface area contributed by atoms with E-state index in [1.807, 2.05) is 30.3 Å². The Morgan fingerprint density at radius 2 is 1.74 bits per heavy atom. The normalized spacial score (nSPS) is 11.6. The van der Waals surface area contributed by atoms with E-state index in [0.717, 1.165) is 5.56 Å². The molecule has 19 heavy (non-hydrogen) atoms. The van der Waals surface area contributed by atoms with Gasteiger partial charge in [0.25, 0.3) is 0 Å². The van der Waals surface area contributed by atoms with Crippen molar-refractivity contribution in [2.24, 2.45) is 0 Å². The molecular weight excluding hydrogens is 256 g/mol. The number of carbonyl (C=O) groups is 2. The lowest BCUT2D eigenvalue weighted by atomic mass is 10.2. The predicted octanol–water partition coefficient (Wildman–Crippen LogP) is 1.96. The SMILES string of the molecule is O=C(O)OCC(COCc1ccccc1)OC(=O)O. The van der Waals surface area contributed by atoms with Crippen LogP contribution < -0.4 is 0 Å². The third-order valence-electron chi connectivity index (χ3n) is 2.08. The maximum atomic E-state index is 10.4. The van der Waals surface area contributed by atoms with E-state index in [4.69, 9.17) is 14.9 Å². The average Bonchev–Trinajstić information content (AvgIpc) is 2.36. The smallest absolute Gasteiger partial charge is 0.450 e. The van der Waals surface area contributed by atoms with Crippen LogP contribution in [0.2, 0.25) is 0 Å². The van der Waals surface area contributed by atoms with Crippen molar-refractivity contribution in [2.45, 2.75) is 12.7 Å². The Morgan fingerprint density at radius 3 is 2.32 bits per heavy atom. The van der Waals surface area contributed by atoms with Crippen molar-refractivity contribution >= 4 is 12.3 Å². The molecule has 0 radical (unpaired) electrons. The highest BCUT2D eigenvalue weighted by molar-refractivity contribution is 5.58. The Balaban J connectivity index is 2.35. The van der Waals surface area contributed by atoms with E-state index in [0.29, 0.717) is 0 Å². The van der Waals surface area contributed by atoms with E-state index in [2.05, 4.69) is 9.47 Å². The third kappa shape index (κ3) is 6.89. The highest BCUT2D eigenvalue weighted by Gasteiger charge is 2.16. The summed E-state index contributed by atoms with van der Waals surface area (Å²) in [5.41, 5.74) is 0.913. The van der Waals surface area contributed by atoms with Gasteiger partial charge in [0.15, 0.2) is 6.10 Å². The summed E-state index contributed by atoms with van der Waals surface area (Å²) in [5.74, 6) is 0. The van der Waals surface area contributed by atoms with Gasteiger partial charge < -0.3 is 24.4 Å². The zero-order valence-corrected chi connectivity index (χ0v) is 10.0. The summed E-state index contributed by atoms with van der Waals surface area (Å²) in [6, 6.07) is 9.25. The average molecular weight is 270 g/mol. The Morgan fingerprint density at radius 1 is 1.05 bits per heavy atom. The summed E-state index contributed by atoms with van der Waals surface area (Å²) < 4.78 is 14.0. The second kappa shape index (κ2) is 7.93. The van der Waals surface area contributed by atoms with E-state index in [-0.39, 0.29) is 13.2 Å². The van der Waals surface area contributed by atoms with Gasteiger partial charge in [0.05, 0.1) is 13.2 Å². The lowest BCUT2D eigenvalue weighted by Gasteiger charge is -2.15. The molecular formula is C12H14O7. The molecule has 0 aliphatic carbocycles. The van der Waals surface area contributed by atoms with E-state index in [9.17, 15) is 9.59 Å². The van der Waals surface area contributed by atoms with Crippen LogP contribution in [0.5, 0.6) is 0 Å². The van der Waals surface area contributed by atoms with Crippen LogP contribution in [-0.4, -0.2) is 41.8 Å². The number of rotatable bonds is 7. The van der Waals surface area contributed by atoms with Crippen LogP contribution in [0.4, 0.5) is 9.59 Å². The molecule has 0 fully saturated rings. The minimum absolute atomic E-state index is 0.0888. The van der Waals surface area contributed by atoms with Crippen molar-refractivity contribution in [1.29, 1.82) is 0 Å². The van der Waals surface area contributed by atoms with Gasteiger partial charge in [-0.2, -0.15) is 0 Å². The van der Waals surface area contributed by atoms with Crippen LogP contribution in [0.15, 0.2) is 30.3 Å². The second-order valence-corrected chi connectivity index (χ2v) is 3.58.